The predicted octanol–water partition coefficient (Wildman–Crippen LogP) is 0.317. The van der Waals surface area contributed by atoms with Crippen molar-refractivity contribution in [1.29, 1.82) is 0 Å². The number of carboxylic acids is 1. The minimum absolute atomic E-state index is 0.0823. The summed E-state index contributed by atoms with van der Waals surface area (Å²) in [5.74, 6) is -1.58. The van der Waals surface area contributed by atoms with E-state index in [0.717, 1.165) is 19.2 Å². The molecule has 1 fully saturated rings. The van der Waals surface area contributed by atoms with Crippen LogP contribution in [0.1, 0.15) is 29.2 Å². The van der Waals surface area contributed by atoms with Crippen LogP contribution in [0, 0.1) is 6.92 Å². The number of aryl methyl sites for hydroxylation is 1. The van der Waals surface area contributed by atoms with Gasteiger partial charge < -0.3 is 14.8 Å². The fraction of sp³-hybridized carbons (Fsp3) is 0.545. The van der Waals surface area contributed by atoms with Gasteiger partial charge in [0.15, 0.2) is 0 Å². The number of hydrogen-bond acceptors (Lipinski definition) is 5. The number of furan rings is 1. The zero-order valence-corrected chi connectivity index (χ0v) is 11.3. The Balaban J connectivity index is 2.21. The van der Waals surface area contributed by atoms with Crippen LogP contribution in [0.25, 0.3) is 0 Å². The summed E-state index contributed by atoms with van der Waals surface area (Å²) in [4.78, 5) is 10.7. The highest BCUT2D eigenvalue weighted by Gasteiger charge is 2.27. The minimum Gasteiger partial charge on any atom is -0.475 e. The number of aromatic carboxylic acids is 1. The molecule has 1 saturated heterocycles. The zero-order chi connectivity index (χ0) is 14.0. The first-order valence-electron chi connectivity index (χ1n) is 5.97. The van der Waals surface area contributed by atoms with Gasteiger partial charge in [-0.1, -0.05) is 0 Å². The Bertz CT molecular complexity index is 572. The van der Waals surface area contributed by atoms with Crippen molar-refractivity contribution in [3.05, 3.63) is 17.6 Å². The van der Waals surface area contributed by atoms with E-state index < -0.39 is 16.0 Å². The lowest BCUT2D eigenvalue weighted by molar-refractivity contribution is 0.0661. The summed E-state index contributed by atoms with van der Waals surface area (Å²) in [6, 6.07) is 0.912. The molecule has 0 amide bonds. The molecule has 0 bridgehead atoms. The fourth-order valence-corrected chi connectivity index (χ4v) is 3.54. The van der Waals surface area contributed by atoms with Crippen molar-refractivity contribution in [1.82, 2.24) is 10.0 Å². The third-order valence-corrected chi connectivity index (χ3v) is 4.66. The Morgan fingerprint density at radius 1 is 1.47 bits per heavy atom. The van der Waals surface area contributed by atoms with Crippen LogP contribution in [0.5, 0.6) is 0 Å². The van der Waals surface area contributed by atoms with Crippen LogP contribution >= 0.6 is 0 Å². The number of hydrogen-bond donors (Lipinski definition) is 3. The van der Waals surface area contributed by atoms with E-state index in [2.05, 4.69) is 10.0 Å². The Hall–Kier alpha value is -1.38. The summed E-state index contributed by atoms with van der Waals surface area (Å²) in [5, 5.41) is 11.9. The first-order valence-corrected chi connectivity index (χ1v) is 7.45. The molecule has 0 aliphatic carbocycles. The summed E-state index contributed by atoms with van der Waals surface area (Å²) >= 11 is 0. The van der Waals surface area contributed by atoms with Gasteiger partial charge in [-0.2, -0.15) is 0 Å². The molecule has 1 aromatic heterocycles. The number of carbonyl (C=O) groups is 1. The third-order valence-electron chi connectivity index (χ3n) is 3.03. The van der Waals surface area contributed by atoms with Gasteiger partial charge in [0.25, 0.3) is 0 Å². The van der Waals surface area contributed by atoms with E-state index in [9.17, 15) is 13.2 Å². The fourth-order valence-electron chi connectivity index (χ4n) is 2.06. The van der Waals surface area contributed by atoms with Crippen molar-refractivity contribution in [3.8, 4) is 0 Å². The van der Waals surface area contributed by atoms with Crippen LogP contribution in [0.2, 0.25) is 0 Å². The summed E-state index contributed by atoms with van der Waals surface area (Å²) < 4.78 is 31.8. The van der Waals surface area contributed by atoms with Crippen molar-refractivity contribution in [2.75, 3.05) is 13.1 Å². The predicted molar refractivity (Wildman–Crippen MR) is 66.6 cm³/mol. The van der Waals surface area contributed by atoms with Crippen LogP contribution in [-0.2, 0) is 10.0 Å². The molecule has 0 spiro atoms. The molecule has 0 unspecified atom stereocenters. The molecular formula is C11H16N2O5S. The number of piperidine rings is 1. The number of nitrogens with one attached hydrogen (secondary N) is 2. The molecule has 1 aliphatic rings. The van der Waals surface area contributed by atoms with E-state index in [-0.39, 0.29) is 22.5 Å². The van der Waals surface area contributed by atoms with E-state index in [0.29, 0.717) is 12.8 Å². The highest BCUT2D eigenvalue weighted by atomic mass is 32.2. The van der Waals surface area contributed by atoms with Gasteiger partial charge in [0.05, 0.1) is 0 Å². The van der Waals surface area contributed by atoms with Crippen molar-refractivity contribution in [2.45, 2.75) is 30.7 Å². The maximum atomic E-state index is 12.2. The molecule has 2 rings (SSSR count). The SMILES string of the molecule is Cc1oc(C(=O)O)cc1S(=O)(=O)NC1CCNCC1. The largest absolute Gasteiger partial charge is 0.475 e. The van der Waals surface area contributed by atoms with E-state index in [1.54, 1.807) is 0 Å². The zero-order valence-electron chi connectivity index (χ0n) is 10.5. The summed E-state index contributed by atoms with van der Waals surface area (Å²) in [5.41, 5.74) is 0. The first kappa shape index (κ1) is 14.0. The van der Waals surface area contributed by atoms with E-state index >= 15 is 0 Å². The summed E-state index contributed by atoms with van der Waals surface area (Å²) in [7, 11) is -3.74. The maximum absolute atomic E-state index is 12.2. The number of sulfonamides is 1. The van der Waals surface area contributed by atoms with E-state index in [4.69, 9.17) is 9.52 Å². The van der Waals surface area contributed by atoms with E-state index in [1.807, 2.05) is 0 Å². The standard InChI is InChI=1S/C11H16N2O5S/c1-7-10(6-9(18-7)11(14)15)19(16,17)13-8-2-4-12-5-3-8/h6,8,12-13H,2-5H2,1H3,(H,14,15). The van der Waals surface area contributed by atoms with Crippen LogP contribution in [-0.4, -0.2) is 38.6 Å². The minimum atomic E-state index is -3.74. The Labute approximate surface area is 111 Å². The van der Waals surface area contributed by atoms with Gasteiger partial charge in [0, 0.05) is 12.1 Å². The molecule has 0 aromatic carbocycles. The smallest absolute Gasteiger partial charge is 0.371 e. The molecule has 0 atom stereocenters. The van der Waals surface area contributed by atoms with E-state index in [1.165, 1.54) is 6.92 Å². The monoisotopic (exact) mass is 288 g/mol. The average Bonchev–Trinajstić information content (AvgIpc) is 2.73. The van der Waals surface area contributed by atoms with Crippen LogP contribution in [0.4, 0.5) is 0 Å². The highest BCUT2D eigenvalue weighted by Crippen LogP contribution is 2.21. The molecule has 1 aromatic rings. The van der Waals surface area contributed by atoms with Crippen LogP contribution < -0.4 is 10.0 Å². The highest BCUT2D eigenvalue weighted by molar-refractivity contribution is 7.89. The number of carboxylic acid groups (broad SMARTS) is 1. The van der Waals surface area contributed by atoms with Crippen molar-refractivity contribution in [3.63, 3.8) is 0 Å². The molecule has 7 nitrogen and oxygen atoms in total. The maximum Gasteiger partial charge on any atom is 0.371 e. The first-order chi connectivity index (χ1) is 8.90. The average molecular weight is 288 g/mol. The molecule has 106 valence electrons. The normalized spacial score (nSPS) is 17.5. The summed E-state index contributed by atoms with van der Waals surface area (Å²) in [6.45, 7) is 2.96. The van der Waals surface area contributed by atoms with Gasteiger partial charge in [-0.25, -0.2) is 17.9 Å². The third kappa shape index (κ3) is 3.14. The molecule has 2 heterocycles. The Morgan fingerprint density at radius 2 is 2.11 bits per heavy atom. The van der Waals surface area contributed by atoms with Crippen LogP contribution in [0.3, 0.4) is 0 Å². The molecule has 1 aliphatic heterocycles. The van der Waals surface area contributed by atoms with Gasteiger partial charge in [-0.3, -0.25) is 0 Å². The van der Waals surface area contributed by atoms with Gasteiger partial charge in [0.2, 0.25) is 15.8 Å². The van der Waals surface area contributed by atoms with Gasteiger partial charge in [-0.15, -0.1) is 0 Å². The Morgan fingerprint density at radius 3 is 2.63 bits per heavy atom. The van der Waals surface area contributed by atoms with Crippen molar-refractivity contribution >= 4 is 16.0 Å². The lowest BCUT2D eigenvalue weighted by Crippen LogP contribution is -2.42. The molecule has 8 heteroatoms. The second-order valence-electron chi connectivity index (χ2n) is 4.48. The quantitative estimate of drug-likeness (QED) is 0.736. The summed E-state index contributed by atoms with van der Waals surface area (Å²) in [6.07, 6.45) is 1.42. The van der Waals surface area contributed by atoms with Gasteiger partial charge >= 0.3 is 5.97 Å². The Kier molecular flexibility index (Phi) is 3.93. The van der Waals surface area contributed by atoms with Crippen molar-refractivity contribution in [2.24, 2.45) is 0 Å². The lowest BCUT2D eigenvalue weighted by atomic mass is 10.1. The molecule has 0 radical (unpaired) electrons. The molecule has 3 N–H and O–H groups in total. The topological polar surface area (TPSA) is 109 Å². The second kappa shape index (κ2) is 5.32. The van der Waals surface area contributed by atoms with Gasteiger partial charge in [-0.05, 0) is 32.9 Å². The van der Waals surface area contributed by atoms with Gasteiger partial charge in [0.1, 0.15) is 10.7 Å². The number of rotatable bonds is 4. The molecular weight excluding hydrogens is 272 g/mol. The second-order valence-corrected chi connectivity index (χ2v) is 6.16. The van der Waals surface area contributed by atoms with Crippen molar-refractivity contribution < 1.29 is 22.7 Å². The lowest BCUT2D eigenvalue weighted by Gasteiger charge is -2.23. The molecule has 0 saturated carbocycles. The molecule has 19 heavy (non-hydrogen) atoms. The van der Waals surface area contributed by atoms with Crippen LogP contribution in [0.15, 0.2) is 15.4 Å².